The molecule has 0 aliphatic heterocycles. The predicted molar refractivity (Wildman–Crippen MR) is 87.1 cm³/mol. The van der Waals surface area contributed by atoms with Gasteiger partial charge in [0.1, 0.15) is 6.33 Å². The first kappa shape index (κ1) is 17.5. The van der Waals surface area contributed by atoms with E-state index >= 15 is 0 Å². The summed E-state index contributed by atoms with van der Waals surface area (Å²) in [6.07, 6.45) is 1.46. The highest BCUT2D eigenvalue weighted by molar-refractivity contribution is 5.96. The Balaban J connectivity index is 1.96. The molecule has 0 bridgehead atoms. The van der Waals surface area contributed by atoms with Crippen LogP contribution in [0, 0.1) is 5.92 Å². The van der Waals surface area contributed by atoms with Crippen molar-refractivity contribution in [3.63, 3.8) is 0 Å². The number of tetrazole rings is 1. The van der Waals surface area contributed by atoms with E-state index in [9.17, 15) is 9.59 Å². The maximum absolute atomic E-state index is 12.2. The highest BCUT2D eigenvalue weighted by Crippen LogP contribution is 2.08. The van der Waals surface area contributed by atoms with E-state index in [-0.39, 0.29) is 17.9 Å². The number of amides is 2. The maximum Gasteiger partial charge on any atom is 0.269 e. The summed E-state index contributed by atoms with van der Waals surface area (Å²) in [5, 5.41) is 10.9. The van der Waals surface area contributed by atoms with Crippen LogP contribution in [0.3, 0.4) is 0 Å². The number of carbonyl (C=O) groups excluding carboxylic acids is 2. The largest absolute Gasteiger partial charge is 0.298 e. The molecule has 1 atom stereocenters. The lowest BCUT2D eigenvalue weighted by Gasteiger charge is -2.26. The zero-order chi connectivity index (χ0) is 17.7. The fourth-order valence-corrected chi connectivity index (χ4v) is 2.44. The van der Waals surface area contributed by atoms with Crippen LogP contribution in [-0.2, 0) is 4.79 Å². The van der Waals surface area contributed by atoms with Gasteiger partial charge in [-0.2, -0.15) is 0 Å². The number of aromatic nitrogens is 4. The third-order valence-electron chi connectivity index (χ3n) is 3.50. The number of hydrazine groups is 1. The number of nitrogens with one attached hydrogen (secondary N) is 2. The molecule has 0 aliphatic carbocycles. The van der Waals surface area contributed by atoms with E-state index in [2.05, 4.69) is 26.4 Å². The third kappa shape index (κ3) is 4.13. The van der Waals surface area contributed by atoms with Gasteiger partial charge in [-0.25, -0.2) is 4.68 Å². The van der Waals surface area contributed by atoms with E-state index in [4.69, 9.17) is 0 Å². The van der Waals surface area contributed by atoms with Crippen LogP contribution in [0.4, 0.5) is 0 Å². The smallest absolute Gasteiger partial charge is 0.269 e. The lowest BCUT2D eigenvalue weighted by molar-refractivity contribution is -0.127. The molecule has 128 valence electrons. The van der Waals surface area contributed by atoms with Gasteiger partial charge in [0.25, 0.3) is 11.8 Å². The van der Waals surface area contributed by atoms with Crippen molar-refractivity contribution in [1.82, 2.24) is 36.0 Å². The number of benzene rings is 1. The average Bonchev–Trinajstić information content (AvgIpc) is 3.06. The van der Waals surface area contributed by atoms with Crippen LogP contribution in [0.1, 0.15) is 24.2 Å². The molecule has 0 fully saturated rings. The fraction of sp³-hybridized carbons (Fsp3) is 0.400. The molecule has 0 radical (unpaired) electrons. The summed E-state index contributed by atoms with van der Waals surface area (Å²) in [4.78, 5) is 26.1. The Bertz CT molecular complexity index is 672. The summed E-state index contributed by atoms with van der Waals surface area (Å²) in [5.41, 5.74) is 6.04. The molecule has 2 rings (SSSR count). The van der Waals surface area contributed by atoms with Gasteiger partial charge in [0.15, 0.2) is 0 Å². The molecule has 2 N–H and O–H groups in total. The summed E-state index contributed by atoms with van der Waals surface area (Å²) in [6.45, 7) is 3.90. The van der Waals surface area contributed by atoms with Crippen molar-refractivity contribution in [3.05, 3.63) is 36.2 Å². The number of nitrogens with zero attached hydrogens (tertiary/aromatic N) is 5. The van der Waals surface area contributed by atoms with Gasteiger partial charge in [0, 0.05) is 5.56 Å². The molecule has 9 nitrogen and oxygen atoms in total. The monoisotopic (exact) mass is 331 g/mol. The zero-order valence-corrected chi connectivity index (χ0v) is 14.1. The van der Waals surface area contributed by atoms with Gasteiger partial charge in [-0.05, 0) is 54.7 Å². The van der Waals surface area contributed by atoms with E-state index in [1.807, 2.05) is 32.8 Å². The molecule has 0 saturated heterocycles. The minimum absolute atomic E-state index is 0.118. The number of hydrogen-bond donors (Lipinski definition) is 2. The van der Waals surface area contributed by atoms with Crippen LogP contribution >= 0.6 is 0 Å². The van der Waals surface area contributed by atoms with Crippen LogP contribution in [-0.4, -0.2) is 57.1 Å². The van der Waals surface area contributed by atoms with Crippen LogP contribution in [0.5, 0.6) is 0 Å². The Kier molecular flexibility index (Phi) is 5.59. The van der Waals surface area contributed by atoms with Gasteiger partial charge >= 0.3 is 0 Å². The first-order valence-electron chi connectivity index (χ1n) is 7.50. The van der Waals surface area contributed by atoms with Gasteiger partial charge in [-0.15, -0.1) is 5.10 Å². The molecule has 2 aromatic rings. The number of hydrogen-bond acceptors (Lipinski definition) is 6. The van der Waals surface area contributed by atoms with Gasteiger partial charge < -0.3 is 0 Å². The lowest BCUT2D eigenvalue weighted by Crippen LogP contribution is -2.52. The van der Waals surface area contributed by atoms with Gasteiger partial charge in [0.2, 0.25) is 0 Å². The van der Waals surface area contributed by atoms with Crippen molar-refractivity contribution < 1.29 is 9.59 Å². The minimum atomic E-state index is -0.395. The second-order valence-electron chi connectivity index (χ2n) is 5.90. The molecule has 0 saturated carbocycles. The van der Waals surface area contributed by atoms with Gasteiger partial charge in [0.05, 0.1) is 11.7 Å². The van der Waals surface area contributed by atoms with Crippen molar-refractivity contribution in [2.45, 2.75) is 19.9 Å². The quantitative estimate of drug-likeness (QED) is 0.748. The molecular formula is C15H21N7O2. The zero-order valence-electron chi connectivity index (χ0n) is 14.1. The Labute approximate surface area is 140 Å². The van der Waals surface area contributed by atoms with Gasteiger partial charge in [-0.1, -0.05) is 13.8 Å². The maximum atomic E-state index is 12.2. The topological polar surface area (TPSA) is 105 Å². The average molecular weight is 331 g/mol. The summed E-state index contributed by atoms with van der Waals surface area (Å²) >= 11 is 0. The highest BCUT2D eigenvalue weighted by Gasteiger charge is 2.24. The van der Waals surface area contributed by atoms with Crippen LogP contribution < -0.4 is 10.9 Å². The molecule has 0 spiro atoms. The molecular weight excluding hydrogens is 310 g/mol. The van der Waals surface area contributed by atoms with E-state index in [1.165, 1.54) is 11.0 Å². The molecule has 0 aliphatic rings. The Hall–Kier alpha value is -2.81. The summed E-state index contributed by atoms with van der Waals surface area (Å²) in [6, 6.07) is 6.36. The molecule has 24 heavy (non-hydrogen) atoms. The first-order valence-corrected chi connectivity index (χ1v) is 7.50. The first-order chi connectivity index (χ1) is 11.4. The second-order valence-corrected chi connectivity index (χ2v) is 5.90. The van der Waals surface area contributed by atoms with Crippen molar-refractivity contribution in [1.29, 1.82) is 0 Å². The molecule has 2 amide bonds. The van der Waals surface area contributed by atoms with Crippen molar-refractivity contribution in [3.8, 4) is 5.69 Å². The summed E-state index contributed by atoms with van der Waals surface area (Å²) in [7, 11) is 3.65. The normalized spacial score (nSPS) is 12.2. The Morgan fingerprint density at radius 3 is 2.29 bits per heavy atom. The van der Waals surface area contributed by atoms with E-state index in [0.717, 1.165) is 5.69 Å². The summed E-state index contributed by atoms with van der Waals surface area (Å²) in [5.74, 6) is -0.533. The molecule has 9 heteroatoms. The minimum Gasteiger partial charge on any atom is -0.298 e. The SMILES string of the molecule is CC(C)[C@@H](C(=O)NNC(=O)c1ccc(-n2cnnn2)cc1)N(C)C. The lowest BCUT2D eigenvalue weighted by atomic mass is 10.0. The number of carbonyl (C=O) groups is 2. The molecule has 1 heterocycles. The van der Waals surface area contributed by atoms with Crippen LogP contribution in [0.15, 0.2) is 30.6 Å². The second kappa shape index (κ2) is 7.64. The van der Waals surface area contributed by atoms with Crippen LogP contribution in [0.25, 0.3) is 5.69 Å². The van der Waals surface area contributed by atoms with E-state index < -0.39 is 5.91 Å². The van der Waals surface area contributed by atoms with Crippen LogP contribution in [0.2, 0.25) is 0 Å². The number of likely N-dealkylation sites (N-methyl/N-ethyl adjacent to an activating group) is 1. The van der Waals surface area contributed by atoms with E-state index in [1.54, 1.807) is 24.3 Å². The highest BCUT2D eigenvalue weighted by atomic mass is 16.2. The third-order valence-corrected chi connectivity index (χ3v) is 3.50. The summed E-state index contributed by atoms with van der Waals surface area (Å²) < 4.78 is 1.48. The van der Waals surface area contributed by atoms with Gasteiger partial charge in [-0.3, -0.25) is 25.3 Å². The van der Waals surface area contributed by atoms with Crippen molar-refractivity contribution in [2.75, 3.05) is 14.1 Å². The molecule has 1 aromatic heterocycles. The Morgan fingerprint density at radius 1 is 1.12 bits per heavy atom. The van der Waals surface area contributed by atoms with E-state index in [0.29, 0.717) is 5.56 Å². The fourth-order valence-electron chi connectivity index (χ4n) is 2.44. The van der Waals surface area contributed by atoms with Crippen molar-refractivity contribution in [2.24, 2.45) is 5.92 Å². The molecule has 1 aromatic carbocycles. The standard InChI is InChI=1S/C15H21N7O2/c1-10(2)13(21(3)4)15(24)18-17-14(23)11-5-7-12(8-6-11)22-9-16-19-20-22/h5-10,13H,1-4H3,(H,17,23)(H,18,24)/t13-/m0/s1. The Morgan fingerprint density at radius 2 is 1.79 bits per heavy atom. The predicted octanol–water partition coefficient (Wildman–Crippen LogP) is 0.00950. The van der Waals surface area contributed by atoms with Crippen molar-refractivity contribution >= 4 is 11.8 Å². The number of rotatable bonds is 5. The molecule has 0 unspecified atom stereocenters.